The zero-order valence-corrected chi connectivity index (χ0v) is 34.1. The Morgan fingerprint density at radius 3 is 2.36 bits per heavy atom. The van der Waals surface area contributed by atoms with Crippen LogP contribution in [0.15, 0.2) is 66.7 Å². The molecule has 56 heavy (non-hydrogen) atoms. The number of Topliss-reactive ketones (excluding diaryl/α,β-unsaturated/α-hetero) is 1. The second-order valence-corrected chi connectivity index (χ2v) is 17.2. The lowest BCUT2D eigenvalue weighted by molar-refractivity contribution is -0.183. The van der Waals surface area contributed by atoms with E-state index in [1.54, 1.807) is 37.3 Å². The molecule has 2 bridgehead atoms. The highest BCUT2D eigenvalue weighted by atomic mass is 16.7. The van der Waals surface area contributed by atoms with E-state index in [4.69, 9.17) is 9.57 Å². The molecule has 4 fully saturated rings. The van der Waals surface area contributed by atoms with Crippen LogP contribution in [0.4, 0.5) is 0 Å². The Bertz CT molecular complexity index is 1880. The molecule has 3 aromatic rings. The maximum atomic E-state index is 14.3. The Labute approximate surface area is 331 Å². The van der Waals surface area contributed by atoms with Gasteiger partial charge in [-0.25, -0.2) is 0 Å². The number of nitrogens with zero attached hydrogens (tertiary/aromatic N) is 2. The minimum atomic E-state index is -0.929. The monoisotopic (exact) mass is 768 g/mol. The fourth-order valence-corrected chi connectivity index (χ4v) is 9.72. The molecule has 2 amide bonds. The number of fused-ring (bicyclic) bond motifs is 2. The van der Waals surface area contributed by atoms with E-state index >= 15 is 0 Å². The molecular formula is C45H60N4O7. The van der Waals surface area contributed by atoms with Crippen molar-refractivity contribution in [3.8, 4) is 16.9 Å². The van der Waals surface area contributed by atoms with Gasteiger partial charge >= 0.3 is 0 Å². The first-order valence-electron chi connectivity index (χ1n) is 20.0. The number of ether oxygens (including phenoxy) is 1. The van der Waals surface area contributed by atoms with Crippen molar-refractivity contribution in [2.24, 2.45) is 29.1 Å². The van der Waals surface area contributed by atoms with E-state index in [1.807, 2.05) is 67.5 Å². The van der Waals surface area contributed by atoms with Gasteiger partial charge in [0.2, 0.25) is 5.91 Å². The van der Waals surface area contributed by atoms with Crippen LogP contribution in [0.3, 0.4) is 0 Å². The molecule has 0 radical (unpaired) electrons. The third-order valence-electron chi connectivity index (χ3n) is 12.8. The van der Waals surface area contributed by atoms with Crippen LogP contribution in [0.5, 0.6) is 5.75 Å². The van der Waals surface area contributed by atoms with Crippen LogP contribution in [0, 0.1) is 29.1 Å². The smallest absolute Gasteiger partial charge is 0.251 e. The lowest BCUT2D eigenvalue weighted by Gasteiger charge is -2.62. The molecule has 1 saturated heterocycles. The standard InChI is InChI=1S/C45H60N4O7/c1-26-37-21-34(45(37,4)5)22-38(26)47-44(54)41-40(28(3)52)39(25-50)56-49(41)23-30-15-12-16-36(42(30)55-8)32-18-31(27(2)51)19-33(20-32)43(53)46-35(24-48(6)7)17-29-13-10-9-11-14-29/h9-16,18-20,26,28,34-35,37-41,50,52H,17,21-25H2,1-8H3,(H,46,53)(H,47,54)/t26-,28-,34-,35-,37+,38-,39-,40+,41-/m0/s1. The maximum absolute atomic E-state index is 14.3. The quantitative estimate of drug-likeness (QED) is 0.155. The summed E-state index contributed by atoms with van der Waals surface area (Å²) in [7, 11) is 5.49. The Balaban J connectivity index is 1.28. The largest absolute Gasteiger partial charge is 0.496 e. The summed E-state index contributed by atoms with van der Waals surface area (Å²) >= 11 is 0. The number of carbonyl (C=O) groups is 3. The number of methoxy groups -OCH3 is 1. The van der Waals surface area contributed by atoms with E-state index in [9.17, 15) is 24.6 Å². The predicted octanol–water partition coefficient (Wildman–Crippen LogP) is 5.13. The van der Waals surface area contributed by atoms with Crippen LogP contribution >= 0.6 is 0 Å². The highest BCUT2D eigenvalue weighted by molar-refractivity contribution is 6.02. The number of amides is 2. The zero-order valence-electron chi connectivity index (χ0n) is 34.1. The summed E-state index contributed by atoms with van der Waals surface area (Å²) < 4.78 is 6.04. The van der Waals surface area contributed by atoms with Gasteiger partial charge in [-0.2, -0.15) is 5.06 Å². The highest BCUT2D eigenvalue weighted by Gasteiger charge is 2.57. The number of carbonyl (C=O) groups excluding carboxylic acids is 3. The number of hydroxylamine groups is 2. The van der Waals surface area contributed by atoms with Crippen LogP contribution in [0.2, 0.25) is 0 Å². The molecule has 1 aliphatic heterocycles. The predicted molar refractivity (Wildman–Crippen MR) is 216 cm³/mol. The summed E-state index contributed by atoms with van der Waals surface area (Å²) in [5, 5.41) is 29.4. The van der Waals surface area contributed by atoms with Crippen LogP contribution in [0.25, 0.3) is 11.1 Å². The van der Waals surface area contributed by atoms with Crippen LogP contribution in [0.1, 0.15) is 79.3 Å². The first kappa shape index (κ1) is 41.5. The van der Waals surface area contributed by atoms with E-state index in [0.717, 1.165) is 12.0 Å². The van der Waals surface area contributed by atoms with Gasteiger partial charge in [-0.3, -0.25) is 19.2 Å². The van der Waals surface area contributed by atoms with Crippen molar-refractivity contribution in [3.63, 3.8) is 0 Å². The average Bonchev–Trinajstić information content (AvgIpc) is 3.53. The SMILES string of the molecule is COc1c(CN2O[C@@H](CO)[C@@H]([C@H](C)O)[C@H]2C(=O)N[C@H]2C[C@@H]3C[C@H]([C@@H]2C)C3(C)C)cccc1-c1cc(C(C)=O)cc(C(=O)N[C@@H](Cc2ccccc2)CN(C)C)c1. The van der Waals surface area contributed by atoms with E-state index in [1.165, 1.54) is 13.3 Å². The van der Waals surface area contributed by atoms with Crippen molar-refractivity contribution in [2.45, 2.75) is 90.8 Å². The average molecular weight is 769 g/mol. The Hall–Kier alpha value is -4.13. The lowest BCUT2D eigenvalue weighted by Crippen LogP contribution is -2.62. The van der Waals surface area contributed by atoms with Gasteiger partial charge in [0.1, 0.15) is 17.9 Å². The summed E-state index contributed by atoms with van der Waals surface area (Å²) in [6, 6.07) is 19.7. The van der Waals surface area contributed by atoms with Crippen molar-refractivity contribution in [2.75, 3.05) is 34.4 Å². The Kier molecular flexibility index (Phi) is 12.7. The van der Waals surface area contributed by atoms with Gasteiger partial charge in [0.25, 0.3) is 5.91 Å². The fourth-order valence-electron chi connectivity index (χ4n) is 9.72. The summed E-state index contributed by atoms with van der Waals surface area (Å²) in [5.41, 5.74) is 4.06. The third kappa shape index (κ3) is 8.57. The van der Waals surface area contributed by atoms with E-state index < -0.39 is 24.2 Å². The number of aliphatic hydroxyl groups is 2. The number of aliphatic hydroxyl groups excluding tert-OH is 2. The number of rotatable bonds is 15. The maximum Gasteiger partial charge on any atom is 0.251 e. The number of nitrogens with one attached hydrogen (secondary N) is 2. The molecule has 3 saturated carbocycles. The van der Waals surface area contributed by atoms with Crippen LogP contribution in [-0.2, 0) is 22.6 Å². The number of para-hydroxylation sites is 1. The number of likely N-dealkylation sites (N-methyl/N-ethyl adjacent to an activating group) is 1. The normalized spacial score (nSPS) is 26.6. The molecule has 4 N–H and O–H groups in total. The van der Waals surface area contributed by atoms with Crippen molar-refractivity contribution < 1.29 is 34.2 Å². The van der Waals surface area contributed by atoms with Gasteiger partial charge in [0.15, 0.2) is 5.78 Å². The second-order valence-electron chi connectivity index (χ2n) is 17.2. The van der Waals surface area contributed by atoms with Crippen molar-refractivity contribution in [1.29, 1.82) is 0 Å². The van der Waals surface area contributed by atoms with Gasteiger partial charge < -0.3 is 30.5 Å². The third-order valence-corrected chi connectivity index (χ3v) is 12.8. The van der Waals surface area contributed by atoms with Gasteiger partial charge in [0, 0.05) is 46.8 Å². The van der Waals surface area contributed by atoms with Gasteiger partial charge in [0.05, 0.1) is 26.4 Å². The molecule has 3 aliphatic carbocycles. The first-order valence-corrected chi connectivity index (χ1v) is 20.0. The van der Waals surface area contributed by atoms with Crippen LogP contribution in [-0.4, -0.2) is 102 Å². The molecular weight excluding hydrogens is 709 g/mol. The minimum Gasteiger partial charge on any atom is -0.496 e. The molecule has 11 nitrogen and oxygen atoms in total. The van der Waals surface area contributed by atoms with E-state index in [2.05, 4.69) is 31.4 Å². The number of benzene rings is 3. The minimum absolute atomic E-state index is 0.0123. The number of hydrogen-bond donors (Lipinski definition) is 4. The van der Waals surface area contributed by atoms with E-state index in [0.29, 0.717) is 64.3 Å². The Morgan fingerprint density at radius 2 is 1.75 bits per heavy atom. The van der Waals surface area contributed by atoms with E-state index in [-0.39, 0.29) is 48.2 Å². The number of ketones is 1. The molecule has 0 spiro atoms. The first-order chi connectivity index (χ1) is 26.6. The van der Waals surface area contributed by atoms with Crippen molar-refractivity contribution in [1.82, 2.24) is 20.6 Å². The molecule has 7 rings (SSSR count). The highest BCUT2D eigenvalue weighted by Crippen LogP contribution is 2.61. The summed E-state index contributed by atoms with van der Waals surface area (Å²) in [5.74, 6) is 0.501. The summed E-state index contributed by atoms with van der Waals surface area (Å²) in [6.45, 7) is 10.3. The van der Waals surface area contributed by atoms with Crippen molar-refractivity contribution in [3.05, 3.63) is 89.0 Å². The lowest BCUT2D eigenvalue weighted by atomic mass is 9.45. The Morgan fingerprint density at radius 1 is 1.04 bits per heavy atom. The summed E-state index contributed by atoms with van der Waals surface area (Å²) in [6.07, 6.45) is 1.02. The molecule has 0 unspecified atom stereocenters. The molecule has 0 aromatic heterocycles. The van der Waals surface area contributed by atoms with Crippen molar-refractivity contribution >= 4 is 17.6 Å². The molecule has 11 heteroatoms. The molecule has 302 valence electrons. The van der Waals surface area contributed by atoms with Gasteiger partial charge in [-0.15, -0.1) is 0 Å². The molecule has 3 aromatic carbocycles. The summed E-state index contributed by atoms with van der Waals surface area (Å²) in [4.78, 5) is 49.3. The topological polar surface area (TPSA) is 141 Å². The zero-order chi connectivity index (χ0) is 40.5. The fraction of sp³-hybridized carbons (Fsp3) is 0.533. The van der Waals surface area contributed by atoms with Gasteiger partial charge in [-0.05, 0) is 99.7 Å². The van der Waals surface area contributed by atoms with Gasteiger partial charge in [-0.1, -0.05) is 69.3 Å². The molecule has 9 atom stereocenters. The molecule has 4 aliphatic rings. The van der Waals surface area contributed by atoms with Crippen LogP contribution < -0.4 is 15.4 Å². The number of hydrogen-bond acceptors (Lipinski definition) is 9. The second kappa shape index (κ2) is 17.2. The molecule has 1 heterocycles.